The summed E-state index contributed by atoms with van der Waals surface area (Å²) in [6.07, 6.45) is 0.814. The number of hydrogen-bond acceptors (Lipinski definition) is 2. The highest BCUT2D eigenvalue weighted by molar-refractivity contribution is 6.29. The van der Waals surface area contributed by atoms with Crippen LogP contribution in [0.3, 0.4) is 0 Å². The molecule has 3 heteroatoms. The van der Waals surface area contributed by atoms with Gasteiger partial charge < -0.3 is 0 Å². The van der Waals surface area contributed by atoms with Crippen LogP contribution in [-0.4, -0.2) is 11.3 Å². The van der Waals surface area contributed by atoms with Crippen molar-refractivity contribution < 1.29 is 4.79 Å². The lowest BCUT2D eigenvalue weighted by molar-refractivity contribution is 0.112. The van der Waals surface area contributed by atoms with Gasteiger partial charge in [0.05, 0.1) is 5.52 Å². The molecule has 0 saturated carbocycles. The van der Waals surface area contributed by atoms with Gasteiger partial charge in [0.1, 0.15) is 11.4 Å². The maximum Gasteiger partial charge on any atom is 0.150 e. The van der Waals surface area contributed by atoms with Crippen molar-refractivity contribution in [2.24, 2.45) is 0 Å². The van der Waals surface area contributed by atoms with Crippen molar-refractivity contribution in [2.45, 2.75) is 0 Å². The predicted octanol–water partition coefficient (Wildman–Crippen LogP) is 2.70. The largest absolute Gasteiger partial charge is 0.298 e. The molecule has 0 amide bonds. The molecule has 0 N–H and O–H groups in total. The number of aldehydes is 1. The first-order chi connectivity index (χ1) is 6.29. The zero-order valence-electron chi connectivity index (χ0n) is 6.70. The molecule has 0 aliphatic rings. The van der Waals surface area contributed by atoms with E-state index >= 15 is 0 Å². The van der Waals surface area contributed by atoms with Gasteiger partial charge >= 0.3 is 0 Å². The molecule has 0 aliphatic heterocycles. The molecular formula is C10H6ClNO. The molecule has 0 saturated heterocycles. The van der Waals surface area contributed by atoms with E-state index in [1.807, 2.05) is 6.07 Å². The lowest BCUT2D eigenvalue weighted by atomic mass is 10.1. The molecule has 13 heavy (non-hydrogen) atoms. The molecule has 0 fully saturated rings. The summed E-state index contributed by atoms with van der Waals surface area (Å²) in [4.78, 5) is 14.6. The van der Waals surface area contributed by atoms with Gasteiger partial charge in [-0.05, 0) is 30.3 Å². The molecular weight excluding hydrogens is 186 g/mol. The lowest BCUT2D eigenvalue weighted by Crippen LogP contribution is -1.82. The van der Waals surface area contributed by atoms with Gasteiger partial charge in [0.25, 0.3) is 0 Å². The normalized spacial score (nSPS) is 10.2. The van der Waals surface area contributed by atoms with Crippen LogP contribution < -0.4 is 0 Å². The standard InChI is InChI=1S/C10H6ClNO/c11-10-4-2-8-5-7(6-13)1-3-9(8)12-10/h1-6H. The molecule has 1 aromatic heterocycles. The summed E-state index contributed by atoms with van der Waals surface area (Å²) in [5.41, 5.74) is 1.45. The van der Waals surface area contributed by atoms with Crippen LogP contribution >= 0.6 is 11.6 Å². The summed E-state index contributed by atoms with van der Waals surface area (Å²) >= 11 is 5.71. The summed E-state index contributed by atoms with van der Waals surface area (Å²) in [6, 6.07) is 8.84. The van der Waals surface area contributed by atoms with Crippen molar-refractivity contribution in [3.63, 3.8) is 0 Å². The van der Waals surface area contributed by atoms with Crippen LogP contribution in [0, 0.1) is 0 Å². The van der Waals surface area contributed by atoms with Gasteiger partial charge in [-0.25, -0.2) is 4.98 Å². The number of aromatic nitrogens is 1. The predicted molar refractivity (Wildman–Crippen MR) is 52.1 cm³/mol. The Labute approximate surface area is 80.2 Å². The number of benzene rings is 1. The first kappa shape index (κ1) is 8.20. The average molecular weight is 192 g/mol. The Balaban J connectivity index is 2.73. The summed E-state index contributed by atoms with van der Waals surface area (Å²) in [5, 5.41) is 1.39. The van der Waals surface area contributed by atoms with Crippen molar-refractivity contribution in [1.29, 1.82) is 0 Å². The first-order valence-electron chi connectivity index (χ1n) is 3.81. The highest BCUT2D eigenvalue weighted by Gasteiger charge is 1.97. The molecule has 0 spiro atoms. The van der Waals surface area contributed by atoms with Crippen LogP contribution in [-0.2, 0) is 0 Å². The van der Waals surface area contributed by atoms with Crippen LogP contribution in [0.4, 0.5) is 0 Å². The lowest BCUT2D eigenvalue weighted by Gasteiger charge is -1.97. The maximum atomic E-state index is 10.5. The van der Waals surface area contributed by atoms with Crippen molar-refractivity contribution in [3.05, 3.63) is 41.0 Å². The molecule has 0 unspecified atom stereocenters. The summed E-state index contributed by atoms with van der Waals surface area (Å²) in [6.45, 7) is 0. The number of halogens is 1. The Morgan fingerprint density at radius 1 is 1.23 bits per heavy atom. The van der Waals surface area contributed by atoms with E-state index in [1.165, 1.54) is 0 Å². The molecule has 64 valence electrons. The molecule has 2 aromatic rings. The summed E-state index contributed by atoms with van der Waals surface area (Å²) < 4.78 is 0. The zero-order chi connectivity index (χ0) is 9.26. The highest BCUT2D eigenvalue weighted by atomic mass is 35.5. The van der Waals surface area contributed by atoms with E-state index in [-0.39, 0.29) is 0 Å². The van der Waals surface area contributed by atoms with Gasteiger partial charge in [-0.3, -0.25) is 4.79 Å². The monoisotopic (exact) mass is 191 g/mol. The molecule has 0 aliphatic carbocycles. The number of fused-ring (bicyclic) bond motifs is 1. The van der Waals surface area contributed by atoms with E-state index in [2.05, 4.69) is 4.98 Å². The molecule has 0 bridgehead atoms. The average Bonchev–Trinajstić information content (AvgIpc) is 2.17. The molecule has 2 rings (SSSR count). The Bertz CT molecular complexity index is 467. The molecule has 1 heterocycles. The van der Waals surface area contributed by atoms with E-state index in [4.69, 9.17) is 11.6 Å². The minimum absolute atomic E-state index is 0.464. The van der Waals surface area contributed by atoms with E-state index in [9.17, 15) is 4.79 Å². The summed E-state index contributed by atoms with van der Waals surface area (Å²) in [5.74, 6) is 0. The Morgan fingerprint density at radius 3 is 2.85 bits per heavy atom. The zero-order valence-corrected chi connectivity index (χ0v) is 7.45. The summed E-state index contributed by atoms with van der Waals surface area (Å²) in [7, 11) is 0. The molecule has 0 radical (unpaired) electrons. The fraction of sp³-hybridized carbons (Fsp3) is 0. The van der Waals surface area contributed by atoms with Crippen molar-refractivity contribution in [2.75, 3.05) is 0 Å². The van der Waals surface area contributed by atoms with Gasteiger partial charge in [-0.2, -0.15) is 0 Å². The van der Waals surface area contributed by atoms with Gasteiger partial charge in [-0.15, -0.1) is 0 Å². The second-order valence-electron chi connectivity index (χ2n) is 2.70. The second-order valence-corrected chi connectivity index (χ2v) is 3.09. The molecule has 0 atom stereocenters. The molecule has 1 aromatic carbocycles. The number of carbonyl (C=O) groups excluding carboxylic acids is 1. The van der Waals surface area contributed by atoms with E-state index < -0.39 is 0 Å². The van der Waals surface area contributed by atoms with Crippen LogP contribution in [0.15, 0.2) is 30.3 Å². The number of carbonyl (C=O) groups is 1. The first-order valence-corrected chi connectivity index (χ1v) is 4.19. The minimum atomic E-state index is 0.464. The van der Waals surface area contributed by atoms with Crippen molar-refractivity contribution in [3.8, 4) is 0 Å². The van der Waals surface area contributed by atoms with Gasteiger partial charge in [0.15, 0.2) is 0 Å². The SMILES string of the molecule is O=Cc1ccc2nc(Cl)ccc2c1. The third-order valence-corrected chi connectivity index (χ3v) is 2.03. The van der Waals surface area contributed by atoms with Gasteiger partial charge in [0.2, 0.25) is 0 Å². The van der Waals surface area contributed by atoms with Gasteiger partial charge in [0, 0.05) is 10.9 Å². The second kappa shape index (κ2) is 3.15. The Kier molecular flexibility index (Phi) is 1.99. The van der Waals surface area contributed by atoms with Crippen molar-refractivity contribution >= 4 is 28.8 Å². The Morgan fingerprint density at radius 2 is 2.08 bits per heavy atom. The topological polar surface area (TPSA) is 30.0 Å². The van der Waals surface area contributed by atoms with Crippen LogP contribution in [0.25, 0.3) is 10.9 Å². The number of pyridine rings is 1. The van der Waals surface area contributed by atoms with Crippen molar-refractivity contribution in [1.82, 2.24) is 4.98 Å². The minimum Gasteiger partial charge on any atom is -0.298 e. The smallest absolute Gasteiger partial charge is 0.150 e. The third-order valence-electron chi connectivity index (χ3n) is 1.82. The van der Waals surface area contributed by atoms with Crippen LogP contribution in [0.1, 0.15) is 10.4 Å². The Hall–Kier alpha value is -1.41. The highest BCUT2D eigenvalue weighted by Crippen LogP contribution is 2.16. The number of hydrogen-bond donors (Lipinski definition) is 0. The van der Waals surface area contributed by atoms with Crippen LogP contribution in [0.2, 0.25) is 5.15 Å². The van der Waals surface area contributed by atoms with E-state index in [1.54, 1.807) is 24.3 Å². The quantitative estimate of drug-likeness (QED) is 0.513. The fourth-order valence-electron chi connectivity index (χ4n) is 1.19. The molecule has 2 nitrogen and oxygen atoms in total. The number of nitrogens with zero attached hydrogens (tertiary/aromatic N) is 1. The maximum absolute atomic E-state index is 10.5. The van der Waals surface area contributed by atoms with Crippen LogP contribution in [0.5, 0.6) is 0 Å². The van der Waals surface area contributed by atoms with E-state index in [0.29, 0.717) is 10.7 Å². The van der Waals surface area contributed by atoms with E-state index in [0.717, 1.165) is 17.2 Å². The number of rotatable bonds is 1. The third kappa shape index (κ3) is 1.53. The fourth-order valence-corrected chi connectivity index (χ4v) is 1.35. The van der Waals surface area contributed by atoms with Gasteiger partial charge in [-0.1, -0.05) is 11.6 Å².